The molecule has 0 aliphatic carbocycles. The van der Waals surface area contributed by atoms with Crippen molar-refractivity contribution in [3.8, 4) is 12.1 Å². The second kappa shape index (κ2) is 5.04. The Morgan fingerprint density at radius 2 is 2.10 bits per heavy atom. The number of anilines is 1. The van der Waals surface area contributed by atoms with Crippen LogP contribution in [0.25, 0.3) is 4.96 Å². The summed E-state index contributed by atoms with van der Waals surface area (Å²) in [5, 5.41) is 23.0. The van der Waals surface area contributed by atoms with Crippen molar-refractivity contribution >= 4 is 22.0 Å². The minimum atomic E-state index is 0.378. The molecule has 0 saturated heterocycles. The first kappa shape index (κ1) is 12.2. The topological polar surface area (TPSA) is 76.9 Å². The van der Waals surface area contributed by atoms with Crippen molar-refractivity contribution in [1.82, 2.24) is 9.38 Å². The highest BCUT2D eigenvalue weighted by molar-refractivity contribution is 7.15. The van der Waals surface area contributed by atoms with Crippen LogP contribution in [0.3, 0.4) is 0 Å². The first-order valence-corrected chi connectivity index (χ1v) is 6.77. The van der Waals surface area contributed by atoms with Gasteiger partial charge in [0.15, 0.2) is 4.96 Å². The molecule has 0 saturated carbocycles. The van der Waals surface area contributed by atoms with Crippen LogP contribution in [0.15, 0.2) is 36.0 Å². The van der Waals surface area contributed by atoms with Gasteiger partial charge in [0.05, 0.1) is 23.4 Å². The van der Waals surface area contributed by atoms with Gasteiger partial charge in [-0.05, 0) is 18.2 Å². The predicted octanol–water partition coefficient (Wildman–Crippen LogP) is 2.75. The maximum atomic E-state index is 8.98. The molecule has 0 unspecified atom stereocenters. The lowest BCUT2D eigenvalue weighted by molar-refractivity contribution is 1.08. The highest BCUT2D eigenvalue weighted by atomic mass is 32.1. The second-order valence-electron chi connectivity index (χ2n) is 4.16. The summed E-state index contributed by atoms with van der Waals surface area (Å²) in [5.41, 5.74) is 2.50. The van der Waals surface area contributed by atoms with Crippen molar-refractivity contribution in [1.29, 1.82) is 10.5 Å². The van der Waals surface area contributed by atoms with Gasteiger partial charge >= 0.3 is 0 Å². The van der Waals surface area contributed by atoms with Crippen LogP contribution in [-0.2, 0) is 6.54 Å². The summed E-state index contributed by atoms with van der Waals surface area (Å²) < 4.78 is 1.97. The van der Waals surface area contributed by atoms with E-state index >= 15 is 0 Å². The number of rotatable bonds is 3. The molecule has 2 aromatic heterocycles. The number of nitrogens with zero attached hydrogens (tertiary/aromatic N) is 4. The molecule has 0 radical (unpaired) electrons. The van der Waals surface area contributed by atoms with E-state index in [0.717, 1.165) is 16.3 Å². The van der Waals surface area contributed by atoms with Gasteiger partial charge in [0, 0.05) is 23.5 Å². The molecule has 96 valence electrons. The van der Waals surface area contributed by atoms with Crippen molar-refractivity contribution in [2.45, 2.75) is 6.54 Å². The number of benzene rings is 1. The molecule has 5 nitrogen and oxygen atoms in total. The highest BCUT2D eigenvalue weighted by Crippen LogP contribution is 2.16. The van der Waals surface area contributed by atoms with Gasteiger partial charge in [-0.25, -0.2) is 4.98 Å². The maximum Gasteiger partial charge on any atom is 0.193 e. The van der Waals surface area contributed by atoms with E-state index in [4.69, 9.17) is 10.5 Å². The van der Waals surface area contributed by atoms with Crippen LogP contribution in [0.5, 0.6) is 0 Å². The number of thiazole rings is 1. The van der Waals surface area contributed by atoms with Crippen LogP contribution in [0.1, 0.15) is 16.8 Å². The zero-order valence-corrected chi connectivity index (χ0v) is 11.2. The Morgan fingerprint density at radius 3 is 2.85 bits per heavy atom. The van der Waals surface area contributed by atoms with Crippen LogP contribution in [0, 0.1) is 22.7 Å². The Bertz CT molecular complexity index is 818. The SMILES string of the molecule is N#Cc1ccc(NCc2cn3ccsc3n2)cc1C#N. The van der Waals surface area contributed by atoms with E-state index in [1.54, 1.807) is 29.5 Å². The summed E-state index contributed by atoms with van der Waals surface area (Å²) in [6.07, 6.45) is 3.93. The minimum Gasteiger partial charge on any atom is -0.379 e. The first-order valence-electron chi connectivity index (χ1n) is 5.89. The van der Waals surface area contributed by atoms with E-state index in [-0.39, 0.29) is 0 Å². The summed E-state index contributed by atoms with van der Waals surface area (Å²) in [6, 6.07) is 9.13. The fraction of sp³-hybridized carbons (Fsp3) is 0.0714. The van der Waals surface area contributed by atoms with Gasteiger partial charge in [-0.2, -0.15) is 10.5 Å². The van der Waals surface area contributed by atoms with Crippen molar-refractivity contribution < 1.29 is 0 Å². The highest BCUT2D eigenvalue weighted by Gasteiger charge is 2.05. The molecule has 0 spiro atoms. The number of fused-ring (bicyclic) bond motifs is 1. The van der Waals surface area contributed by atoms with E-state index in [1.807, 2.05) is 34.3 Å². The number of imidazole rings is 1. The molecule has 1 aromatic carbocycles. The van der Waals surface area contributed by atoms with Crippen LogP contribution < -0.4 is 5.32 Å². The molecule has 1 N–H and O–H groups in total. The lowest BCUT2D eigenvalue weighted by atomic mass is 10.1. The average Bonchev–Trinajstić information content (AvgIpc) is 3.05. The Kier molecular flexibility index (Phi) is 3.08. The lowest BCUT2D eigenvalue weighted by Gasteiger charge is -2.05. The summed E-state index contributed by atoms with van der Waals surface area (Å²) in [4.78, 5) is 5.42. The Labute approximate surface area is 119 Å². The van der Waals surface area contributed by atoms with E-state index in [9.17, 15) is 0 Å². The number of hydrogen-bond donors (Lipinski definition) is 1. The minimum absolute atomic E-state index is 0.378. The van der Waals surface area contributed by atoms with Crippen molar-refractivity contribution in [3.63, 3.8) is 0 Å². The molecule has 3 aromatic rings. The summed E-state index contributed by atoms with van der Waals surface area (Å²) in [7, 11) is 0. The van der Waals surface area contributed by atoms with Crippen LogP contribution in [0.4, 0.5) is 5.69 Å². The van der Waals surface area contributed by atoms with E-state index in [1.165, 1.54) is 0 Å². The number of aromatic nitrogens is 2. The first-order chi connectivity index (χ1) is 9.80. The predicted molar refractivity (Wildman–Crippen MR) is 76.3 cm³/mol. The standard InChI is InChI=1S/C14H9N5S/c15-6-10-1-2-12(5-11(10)7-16)17-8-13-9-19-3-4-20-14(19)18-13/h1-5,9,17H,8H2. The van der Waals surface area contributed by atoms with E-state index in [2.05, 4.69) is 10.3 Å². The van der Waals surface area contributed by atoms with Gasteiger partial charge in [-0.15, -0.1) is 11.3 Å². The smallest absolute Gasteiger partial charge is 0.193 e. The van der Waals surface area contributed by atoms with Gasteiger partial charge in [0.25, 0.3) is 0 Å². The molecular formula is C14H9N5S. The van der Waals surface area contributed by atoms with Crippen LogP contribution in [0.2, 0.25) is 0 Å². The average molecular weight is 279 g/mol. The van der Waals surface area contributed by atoms with Gasteiger partial charge in [-0.1, -0.05) is 0 Å². The fourth-order valence-electron chi connectivity index (χ4n) is 1.90. The van der Waals surface area contributed by atoms with E-state index in [0.29, 0.717) is 17.7 Å². The quantitative estimate of drug-likeness (QED) is 0.799. The molecule has 0 aliphatic heterocycles. The summed E-state index contributed by atoms with van der Waals surface area (Å²) in [6.45, 7) is 0.575. The van der Waals surface area contributed by atoms with Gasteiger partial charge in [0.1, 0.15) is 12.1 Å². The molecule has 0 atom stereocenters. The largest absolute Gasteiger partial charge is 0.379 e. The zero-order chi connectivity index (χ0) is 13.9. The van der Waals surface area contributed by atoms with E-state index < -0.39 is 0 Å². The second-order valence-corrected chi connectivity index (χ2v) is 5.04. The molecule has 0 amide bonds. The molecular weight excluding hydrogens is 270 g/mol. The number of nitrogens with one attached hydrogen (secondary N) is 1. The van der Waals surface area contributed by atoms with Crippen molar-refractivity contribution in [2.75, 3.05) is 5.32 Å². The zero-order valence-electron chi connectivity index (χ0n) is 10.4. The van der Waals surface area contributed by atoms with Crippen LogP contribution in [-0.4, -0.2) is 9.38 Å². The molecule has 2 heterocycles. The molecule has 0 bridgehead atoms. The lowest BCUT2D eigenvalue weighted by Crippen LogP contribution is -2.00. The Morgan fingerprint density at radius 1 is 1.25 bits per heavy atom. The van der Waals surface area contributed by atoms with Gasteiger partial charge in [-0.3, -0.25) is 4.40 Å². The van der Waals surface area contributed by atoms with Crippen molar-refractivity contribution in [3.05, 3.63) is 52.8 Å². The molecule has 0 fully saturated rings. The number of hydrogen-bond acceptors (Lipinski definition) is 5. The van der Waals surface area contributed by atoms with Gasteiger partial charge in [0.2, 0.25) is 0 Å². The third-order valence-electron chi connectivity index (χ3n) is 2.88. The van der Waals surface area contributed by atoms with Crippen LogP contribution >= 0.6 is 11.3 Å². The van der Waals surface area contributed by atoms with Crippen molar-refractivity contribution in [2.24, 2.45) is 0 Å². The maximum absolute atomic E-state index is 8.98. The Balaban J connectivity index is 1.77. The summed E-state index contributed by atoms with van der Waals surface area (Å²) in [5.74, 6) is 0. The fourth-order valence-corrected chi connectivity index (χ4v) is 2.62. The monoisotopic (exact) mass is 279 g/mol. The number of nitriles is 2. The third kappa shape index (κ3) is 2.20. The molecule has 3 rings (SSSR count). The normalized spacial score (nSPS) is 10.1. The molecule has 20 heavy (non-hydrogen) atoms. The summed E-state index contributed by atoms with van der Waals surface area (Å²) >= 11 is 1.59. The Hall–Kier alpha value is -2.83. The molecule has 0 aliphatic rings. The third-order valence-corrected chi connectivity index (χ3v) is 3.65. The van der Waals surface area contributed by atoms with Gasteiger partial charge < -0.3 is 5.32 Å². The molecule has 6 heteroatoms.